The maximum atomic E-state index is 11.7. The van der Waals surface area contributed by atoms with Crippen molar-refractivity contribution in [1.29, 1.82) is 0 Å². The molecule has 0 radical (unpaired) electrons. The van der Waals surface area contributed by atoms with Crippen molar-refractivity contribution < 1.29 is 13.9 Å². The number of hydrogen-bond acceptors (Lipinski definition) is 7. The third kappa shape index (κ3) is 4.14. The average molecular weight is 444 g/mol. The van der Waals surface area contributed by atoms with Crippen molar-refractivity contribution in [3.63, 3.8) is 0 Å². The molecular weight excluding hydrogens is 429 g/mol. The lowest BCUT2D eigenvalue weighted by atomic mass is 10.2. The molecule has 0 aliphatic heterocycles. The molecule has 4 rings (SSSR count). The second-order valence-corrected chi connectivity index (χ2v) is 7.00. The number of rotatable bonds is 6. The summed E-state index contributed by atoms with van der Waals surface area (Å²) in [4.78, 5) is 15.8. The van der Waals surface area contributed by atoms with Crippen molar-refractivity contribution in [1.82, 2.24) is 20.5 Å². The Morgan fingerprint density at radius 1 is 1.13 bits per heavy atom. The quantitative estimate of drug-likeness (QED) is 0.448. The standard InChI is InChI=1S/C20H15Cl2N5O3/c1-23-19(28)16-8-11(4-6-24-16)10-30-20-17-13(5-7-29-17)18(26-27-20)25-12-2-3-14(21)15(22)9-12/h2-9H,10H2,1H3,(H,23,28)(H,25,26). The highest BCUT2D eigenvalue weighted by molar-refractivity contribution is 6.42. The molecule has 152 valence electrons. The molecule has 3 aromatic heterocycles. The number of halogens is 2. The summed E-state index contributed by atoms with van der Waals surface area (Å²) >= 11 is 12.0. The zero-order valence-electron chi connectivity index (χ0n) is 15.6. The summed E-state index contributed by atoms with van der Waals surface area (Å²) in [6, 6.07) is 10.3. The van der Waals surface area contributed by atoms with Crippen LogP contribution in [0.15, 0.2) is 53.3 Å². The molecule has 0 bridgehead atoms. The number of anilines is 2. The SMILES string of the molecule is CNC(=O)c1cc(COc2nnc(Nc3ccc(Cl)c(Cl)c3)c3ccoc23)ccn1. The summed E-state index contributed by atoms with van der Waals surface area (Å²) in [6.45, 7) is 0.163. The number of hydrogen-bond donors (Lipinski definition) is 2. The third-order valence-electron chi connectivity index (χ3n) is 4.20. The Morgan fingerprint density at radius 2 is 2.00 bits per heavy atom. The van der Waals surface area contributed by atoms with Gasteiger partial charge in [0.05, 0.1) is 21.7 Å². The van der Waals surface area contributed by atoms with Gasteiger partial charge in [0.1, 0.15) is 12.3 Å². The van der Waals surface area contributed by atoms with Crippen LogP contribution in [0.2, 0.25) is 10.0 Å². The highest BCUT2D eigenvalue weighted by Gasteiger charge is 2.15. The van der Waals surface area contributed by atoms with Gasteiger partial charge in [-0.15, -0.1) is 10.2 Å². The Balaban J connectivity index is 1.55. The van der Waals surface area contributed by atoms with Gasteiger partial charge in [-0.1, -0.05) is 23.2 Å². The number of carbonyl (C=O) groups excluding carboxylic acids is 1. The van der Waals surface area contributed by atoms with Crippen molar-refractivity contribution in [3.05, 3.63) is 70.2 Å². The smallest absolute Gasteiger partial charge is 0.278 e. The van der Waals surface area contributed by atoms with Crippen LogP contribution in [0, 0.1) is 0 Å². The zero-order chi connectivity index (χ0) is 21.1. The number of carbonyl (C=O) groups is 1. The topological polar surface area (TPSA) is 102 Å². The van der Waals surface area contributed by atoms with E-state index in [-0.39, 0.29) is 18.4 Å². The number of pyridine rings is 1. The van der Waals surface area contributed by atoms with E-state index in [9.17, 15) is 4.79 Å². The van der Waals surface area contributed by atoms with Gasteiger partial charge in [-0.05, 0) is 42.0 Å². The van der Waals surface area contributed by atoms with Crippen LogP contribution in [0.3, 0.4) is 0 Å². The largest absolute Gasteiger partial charge is 0.469 e. The van der Waals surface area contributed by atoms with Gasteiger partial charge in [0, 0.05) is 18.9 Å². The number of furan rings is 1. The van der Waals surface area contributed by atoms with Gasteiger partial charge in [0.2, 0.25) is 5.58 Å². The fourth-order valence-electron chi connectivity index (χ4n) is 2.72. The van der Waals surface area contributed by atoms with E-state index in [1.54, 1.807) is 49.6 Å². The molecule has 8 nitrogen and oxygen atoms in total. The number of amides is 1. The maximum absolute atomic E-state index is 11.7. The molecule has 0 saturated carbocycles. The van der Waals surface area contributed by atoms with Gasteiger partial charge < -0.3 is 19.8 Å². The Labute approximate surface area is 181 Å². The number of benzene rings is 1. The summed E-state index contributed by atoms with van der Waals surface area (Å²) in [7, 11) is 1.55. The minimum Gasteiger partial charge on any atom is -0.469 e. The fourth-order valence-corrected chi connectivity index (χ4v) is 3.02. The van der Waals surface area contributed by atoms with Gasteiger partial charge in [-0.2, -0.15) is 0 Å². The highest BCUT2D eigenvalue weighted by Crippen LogP contribution is 2.32. The lowest BCUT2D eigenvalue weighted by molar-refractivity contribution is 0.0958. The summed E-state index contributed by atoms with van der Waals surface area (Å²) in [5, 5.41) is 15.6. The molecule has 0 unspecified atom stereocenters. The molecule has 10 heteroatoms. The van der Waals surface area contributed by atoms with E-state index in [0.717, 1.165) is 5.56 Å². The minimum atomic E-state index is -0.275. The first-order valence-electron chi connectivity index (χ1n) is 8.81. The second kappa shape index (κ2) is 8.56. The summed E-state index contributed by atoms with van der Waals surface area (Å²) in [5.74, 6) is 0.436. The average Bonchev–Trinajstić information content (AvgIpc) is 3.26. The number of nitrogens with zero attached hydrogens (tertiary/aromatic N) is 3. The number of ether oxygens (including phenoxy) is 1. The van der Waals surface area contributed by atoms with Crippen LogP contribution < -0.4 is 15.4 Å². The van der Waals surface area contributed by atoms with Crippen molar-refractivity contribution in [2.24, 2.45) is 0 Å². The Kier molecular flexibility index (Phi) is 5.69. The molecule has 0 spiro atoms. The van der Waals surface area contributed by atoms with Crippen LogP contribution in [0.4, 0.5) is 11.5 Å². The van der Waals surface area contributed by atoms with E-state index in [4.69, 9.17) is 32.4 Å². The molecule has 30 heavy (non-hydrogen) atoms. The molecule has 4 aromatic rings. The third-order valence-corrected chi connectivity index (χ3v) is 4.94. The summed E-state index contributed by atoms with van der Waals surface area (Å²) in [6.07, 6.45) is 3.07. The molecule has 0 saturated heterocycles. The Bertz CT molecular complexity index is 1230. The predicted octanol–water partition coefficient (Wildman–Crippen LogP) is 4.61. The molecule has 0 fully saturated rings. The first-order chi connectivity index (χ1) is 14.5. The van der Waals surface area contributed by atoms with Gasteiger partial charge in [0.25, 0.3) is 11.8 Å². The van der Waals surface area contributed by atoms with Gasteiger partial charge in [-0.25, -0.2) is 0 Å². The molecule has 2 N–H and O–H groups in total. The van der Waals surface area contributed by atoms with Crippen molar-refractivity contribution in [3.8, 4) is 5.88 Å². The Hall–Kier alpha value is -3.36. The van der Waals surface area contributed by atoms with Crippen LogP contribution in [0.1, 0.15) is 16.1 Å². The van der Waals surface area contributed by atoms with E-state index in [1.807, 2.05) is 0 Å². The van der Waals surface area contributed by atoms with Crippen LogP contribution in [0.5, 0.6) is 5.88 Å². The normalized spacial score (nSPS) is 10.8. The Morgan fingerprint density at radius 3 is 2.80 bits per heavy atom. The molecule has 0 aliphatic rings. The van der Waals surface area contributed by atoms with E-state index < -0.39 is 0 Å². The maximum Gasteiger partial charge on any atom is 0.278 e. The summed E-state index contributed by atoms with van der Waals surface area (Å²) in [5.41, 5.74) is 2.19. The molecular formula is C20H15Cl2N5O3. The predicted molar refractivity (Wildman–Crippen MR) is 114 cm³/mol. The zero-order valence-corrected chi connectivity index (χ0v) is 17.2. The first-order valence-corrected chi connectivity index (χ1v) is 9.56. The van der Waals surface area contributed by atoms with E-state index in [0.29, 0.717) is 38.2 Å². The molecule has 3 heterocycles. The van der Waals surface area contributed by atoms with Gasteiger partial charge >= 0.3 is 0 Å². The molecule has 1 amide bonds. The van der Waals surface area contributed by atoms with Crippen LogP contribution in [0.25, 0.3) is 11.0 Å². The second-order valence-electron chi connectivity index (χ2n) is 6.19. The number of nitrogens with one attached hydrogen (secondary N) is 2. The van der Waals surface area contributed by atoms with Crippen LogP contribution >= 0.6 is 23.2 Å². The van der Waals surface area contributed by atoms with E-state index in [1.165, 1.54) is 6.26 Å². The molecule has 0 aliphatic carbocycles. The van der Waals surface area contributed by atoms with Crippen LogP contribution in [-0.4, -0.2) is 28.1 Å². The van der Waals surface area contributed by atoms with Crippen molar-refractivity contribution >= 4 is 51.6 Å². The first kappa shape index (κ1) is 19.9. The monoisotopic (exact) mass is 443 g/mol. The van der Waals surface area contributed by atoms with Gasteiger partial charge in [0.15, 0.2) is 5.82 Å². The lowest BCUT2D eigenvalue weighted by Gasteiger charge is -2.10. The lowest BCUT2D eigenvalue weighted by Crippen LogP contribution is -2.19. The highest BCUT2D eigenvalue weighted by atomic mass is 35.5. The fraction of sp³-hybridized carbons (Fsp3) is 0.100. The number of aromatic nitrogens is 3. The van der Waals surface area contributed by atoms with Crippen LogP contribution in [-0.2, 0) is 6.61 Å². The molecule has 1 aromatic carbocycles. The van der Waals surface area contributed by atoms with Gasteiger partial charge in [-0.3, -0.25) is 9.78 Å². The number of fused-ring (bicyclic) bond motifs is 1. The van der Waals surface area contributed by atoms with Crippen molar-refractivity contribution in [2.45, 2.75) is 6.61 Å². The minimum absolute atomic E-state index is 0.163. The summed E-state index contributed by atoms with van der Waals surface area (Å²) < 4.78 is 11.3. The van der Waals surface area contributed by atoms with Crippen molar-refractivity contribution in [2.75, 3.05) is 12.4 Å². The van der Waals surface area contributed by atoms with E-state index in [2.05, 4.69) is 25.8 Å². The molecule has 0 atom stereocenters. The van der Waals surface area contributed by atoms with E-state index >= 15 is 0 Å².